The number of aromatic amines is 2. The highest BCUT2D eigenvalue weighted by molar-refractivity contribution is 5.02. The van der Waals surface area contributed by atoms with Gasteiger partial charge in [-0.1, -0.05) is 0 Å². The first kappa shape index (κ1) is 24.8. The van der Waals surface area contributed by atoms with Crippen molar-refractivity contribution in [2.75, 3.05) is 13.2 Å². The molecular formula is C20H28N4O9. The third kappa shape index (κ3) is 5.57. The summed E-state index contributed by atoms with van der Waals surface area (Å²) in [4.78, 5) is 49.9. The fraction of sp³-hybridized carbons (Fsp3) is 0.600. The maximum Gasteiger partial charge on any atom is 0.330 e. The number of nitrogens with zero attached hydrogens (tertiary/aromatic N) is 2. The van der Waals surface area contributed by atoms with Crippen LogP contribution in [0.2, 0.25) is 0 Å². The molecule has 2 aliphatic rings. The van der Waals surface area contributed by atoms with E-state index in [9.17, 15) is 24.3 Å². The lowest BCUT2D eigenvalue weighted by atomic mass is 10.2. The number of aryl methyl sites for hydroxylation is 2. The average Bonchev–Trinajstić information content (AvgIpc) is 3.40. The van der Waals surface area contributed by atoms with Crippen molar-refractivity contribution >= 4 is 0 Å². The molecule has 0 unspecified atom stereocenters. The van der Waals surface area contributed by atoms with Crippen molar-refractivity contribution < 1.29 is 24.8 Å². The van der Waals surface area contributed by atoms with Crippen molar-refractivity contribution in [3.8, 4) is 0 Å². The molecule has 33 heavy (non-hydrogen) atoms. The van der Waals surface area contributed by atoms with Crippen molar-refractivity contribution in [1.82, 2.24) is 19.1 Å². The number of H-pyrrole nitrogens is 2. The fourth-order valence-corrected chi connectivity index (χ4v) is 3.68. The molecule has 13 nitrogen and oxygen atoms in total. The first-order valence-electron chi connectivity index (χ1n) is 10.5. The van der Waals surface area contributed by atoms with Crippen LogP contribution < -0.4 is 22.5 Å². The van der Waals surface area contributed by atoms with Crippen molar-refractivity contribution in [2.24, 2.45) is 0 Å². The summed E-state index contributed by atoms with van der Waals surface area (Å²) < 4.78 is 13.4. The van der Waals surface area contributed by atoms with E-state index in [4.69, 9.17) is 19.7 Å². The van der Waals surface area contributed by atoms with E-state index < -0.39 is 35.4 Å². The predicted octanol–water partition coefficient (Wildman–Crippen LogP) is -2.00. The SMILES string of the molecule is Cc1cn([C@H]2CC[C@@H](CO)O2)c(=O)[nH]c1=O.Cc1cn([C@H]2C[C@H](O)[C@@H](CO)O2)c(=O)[nH]c1=O. The summed E-state index contributed by atoms with van der Waals surface area (Å²) in [5, 5.41) is 27.4. The van der Waals surface area contributed by atoms with E-state index in [0.29, 0.717) is 24.0 Å². The Hall–Kier alpha value is -2.84. The van der Waals surface area contributed by atoms with E-state index in [2.05, 4.69) is 9.97 Å². The maximum absolute atomic E-state index is 11.6. The number of aliphatic hydroxyl groups is 3. The molecule has 0 aliphatic carbocycles. The third-order valence-corrected chi connectivity index (χ3v) is 5.59. The maximum atomic E-state index is 11.6. The van der Waals surface area contributed by atoms with E-state index in [1.807, 2.05) is 0 Å². The van der Waals surface area contributed by atoms with Crippen LogP contribution >= 0.6 is 0 Å². The molecule has 5 atom stereocenters. The number of aromatic nitrogens is 4. The molecule has 0 saturated carbocycles. The Kier molecular flexibility index (Phi) is 7.81. The van der Waals surface area contributed by atoms with Gasteiger partial charge in [0, 0.05) is 29.9 Å². The van der Waals surface area contributed by atoms with Gasteiger partial charge in [0.15, 0.2) is 0 Å². The van der Waals surface area contributed by atoms with Gasteiger partial charge in [-0.05, 0) is 26.7 Å². The minimum absolute atomic E-state index is 0.0480. The average molecular weight is 468 g/mol. The first-order valence-corrected chi connectivity index (χ1v) is 10.5. The van der Waals surface area contributed by atoms with Crippen molar-refractivity contribution in [1.29, 1.82) is 0 Å². The summed E-state index contributed by atoms with van der Waals surface area (Å²) in [5.41, 5.74) is -1.03. The molecule has 2 aliphatic heterocycles. The van der Waals surface area contributed by atoms with Gasteiger partial charge in [-0.25, -0.2) is 9.59 Å². The van der Waals surface area contributed by atoms with Crippen LogP contribution in [0.4, 0.5) is 0 Å². The standard InChI is InChI=1S/C10H14N2O5.C10H14N2O4/c1-5-3-12(10(16)11-9(5)15)8-2-6(14)7(4-13)17-8;1-6-4-12(10(15)11-9(6)14)8-3-2-7(5-13)16-8/h3,6-8,13-14H,2,4H2,1H3,(H,11,15,16);4,7-8,13H,2-3,5H2,1H3,(H,11,14,15)/t6-,7+,8+;7-,8+/m00/s1. The molecule has 0 bridgehead atoms. The van der Waals surface area contributed by atoms with Gasteiger partial charge < -0.3 is 24.8 Å². The topological polar surface area (TPSA) is 189 Å². The van der Waals surface area contributed by atoms with Crippen molar-refractivity contribution in [2.45, 2.75) is 63.9 Å². The van der Waals surface area contributed by atoms with E-state index >= 15 is 0 Å². The Balaban J connectivity index is 0.000000186. The van der Waals surface area contributed by atoms with E-state index in [0.717, 1.165) is 0 Å². The van der Waals surface area contributed by atoms with E-state index in [-0.39, 0.29) is 37.5 Å². The minimum Gasteiger partial charge on any atom is -0.394 e. The minimum atomic E-state index is -0.816. The van der Waals surface area contributed by atoms with Crippen molar-refractivity contribution in [3.05, 3.63) is 65.2 Å². The second kappa shape index (κ2) is 10.4. The summed E-state index contributed by atoms with van der Waals surface area (Å²) in [6.07, 6.45) is 1.68. The summed E-state index contributed by atoms with van der Waals surface area (Å²) in [7, 11) is 0. The van der Waals surface area contributed by atoms with Gasteiger partial charge in [-0.3, -0.25) is 28.7 Å². The molecule has 2 aromatic rings. The lowest BCUT2D eigenvalue weighted by molar-refractivity contribution is -0.0459. The number of aliphatic hydroxyl groups excluding tert-OH is 3. The molecule has 0 amide bonds. The van der Waals surface area contributed by atoms with E-state index in [1.54, 1.807) is 13.8 Å². The summed E-state index contributed by atoms with van der Waals surface area (Å²) in [6.45, 7) is 2.85. The van der Waals surface area contributed by atoms with Gasteiger partial charge in [0.1, 0.15) is 18.6 Å². The zero-order valence-electron chi connectivity index (χ0n) is 18.3. The Morgan fingerprint density at radius 3 is 1.88 bits per heavy atom. The quantitative estimate of drug-likeness (QED) is 0.338. The third-order valence-electron chi connectivity index (χ3n) is 5.59. The van der Waals surface area contributed by atoms with Crippen LogP contribution in [0.15, 0.2) is 31.6 Å². The Morgan fingerprint density at radius 2 is 1.42 bits per heavy atom. The van der Waals surface area contributed by atoms with E-state index in [1.165, 1.54) is 21.5 Å². The van der Waals surface area contributed by atoms with Crippen LogP contribution in [0.25, 0.3) is 0 Å². The highest BCUT2D eigenvalue weighted by Gasteiger charge is 2.35. The molecular weight excluding hydrogens is 440 g/mol. The summed E-state index contributed by atoms with van der Waals surface area (Å²) in [6, 6.07) is 0. The lowest BCUT2D eigenvalue weighted by Gasteiger charge is -2.14. The molecule has 13 heteroatoms. The molecule has 0 aromatic carbocycles. The summed E-state index contributed by atoms with van der Waals surface area (Å²) >= 11 is 0. The number of hydrogen-bond donors (Lipinski definition) is 5. The Labute approximate surface area is 186 Å². The summed E-state index contributed by atoms with van der Waals surface area (Å²) in [5.74, 6) is 0. The van der Waals surface area contributed by atoms with Crippen LogP contribution in [0.5, 0.6) is 0 Å². The van der Waals surface area contributed by atoms with Gasteiger partial charge in [0.25, 0.3) is 11.1 Å². The molecule has 4 heterocycles. The number of hydrogen-bond acceptors (Lipinski definition) is 9. The van der Waals surface area contributed by atoms with Crippen LogP contribution in [0.3, 0.4) is 0 Å². The first-order chi connectivity index (χ1) is 15.6. The van der Waals surface area contributed by atoms with Crippen LogP contribution in [0.1, 0.15) is 42.8 Å². The Morgan fingerprint density at radius 1 is 0.879 bits per heavy atom. The van der Waals surface area contributed by atoms with Gasteiger partial charge in [0.05, 0.1) is 25.4 Å². The normalized spacial score (nSPS) is 26.8. The van der Waals surface area contributed by atoms with Gasteiger partial charge in [0.2, 0.25) is 0 Å². The largest absolute Gasteiger partial charge is 0.394 e. The molecule has 0 spiro atoms. The molecule has 2 saturated heterocycles. The van der Waals surface area contributed by atoms with Gasteiger partial charge >= 0.3 is 11.4 Å². The molecule has 2 fully saturated rings. The van der Waals surface area contributed by atoms with Crippen LogP contribution in [-0.2, 0) is 9.47 Å². The van der Waals surface area contributed by atoms with Crippen LogP contribution in [-0.4, -0.2) is 65.9 Å². The second-order valence-electron chi connectivity index (χ2n) is 8.04. The molecule has 182 valence electrons. The molecule has 2 aromatic heterocycles. The fourth-order valence-electron chi connectivity index (χ4n) is 3.68. The van der Waals surface area contributed by atoms with Crippen LogP contribution in [0, 0.1) is 13.8 Å². The molecule has 0 radical (unpaired) electrons. The highest BCUT2D eigenvalue weighted by atomic mass is 16.5. The number of rotatable bonds is 4. The second-order valence-corrected chi connectivity index (χ2v) is 8.04. The highest BCUT2D eigenvalue weighted by Crippen LogP contribution is 2.27. The number of nitrogens with one attached hydrogen (secondary N) is 2. The Bertz CT molecular complexity index is 1200. The van der Waals surface area contributed by atoms with Gasteiger partial charge in [-0.2, -0.15) is 0 Å². The monoisotopic (exact) mass is 468 g/mol. The smallest absolute Gasteiger partial charge is 0.330 e. The van der Waals surface area contributed by atoms with Gasteiger partial charge in [-0.15, -0.1) is 0 Å². The number of ether oxygens (including phenoxy) is 2. The zero-order valence-corrected chi connectivity index (χ0v) is 18.3. The lowest BCUT2D eigenvalue weighted by Crippen LogP contribution is -2.33. The van der Waals surface area contributed by atoms with Crippen molar-refractivity contribution in [3.63, 3.8) is 0 Å². The predicted molar refractivity (Wildman–Crippen MR) is 114 cm³/mol. The molecule has 4 rings (SSSR count). The zero-order chi connectivity index (χ0) is 24.3. The molecule has 5 N–H and O–H groups in total.